The summed E-state index contributed by atoms with van der Waals surface area (Å²) in [6.07, 6.45) is 2.81. The third-order valence-electron chi connectivity index (χ3n) is 2.69. The highest BCUT2D eigenvalue weighted by Crippen LogP contribution is 2.29. The number of hydrogen-bond donors (Lipinski definition) is 2. The summed E-state index contributed by atoms with van der Waals surface area (Å²) in [6.45, 7) is 0.705. The lowest BCUT2D eigenvalue weighted by Crippen LogP contribution is -2.16. The fourth-order valence-electron chi connectivity index (χ4n) is 1.96. The number of anilines is 1. The van der Waals surface area contributed by atoms with E-state index >= 15 is 0 Å². The standard InChI is InChI=1S/C11H15FN2/c12-10-4-1-5-11-9(10)7-8(14-11)3-2-6-13/h1,4-5,8,14H,2-3,6-7,13H2. The third-order valence-corrected chi connectivity index (χ3v) is 2.69. The van der Waals surface area contributed by atoms with Gasteiger partial charge in [-0.1, -0.05) is 6.07 Å². The summed E-state index contributed by atoms with van der Waals surface area (Å²) < 4.78 is 13.3. The quantitative estimate of drug-likeness (QED) is 0.771. The van der Waals surface area contributed by atoms with E-state index in [1.54, 1.807) is 6.07 Å². The van der Waals surface area contributed by atoms with Gasteiger partial charge in [0, 0.05) is 17.3 Å². The van der Waals surface area contributed by atoms with Crippen molar-refractivity contribution in [3.8, 4) is 0 Å². The summed E-state index contributed by atoms with van der Waals surface area (Å²) in [5.41, 5.74) is 7.22. The summed E-state index contributed by atoms with van der Waals surface area (Å²) in [5.74, 6) is -0.0924. The molecule has 0 bridgehead atoms. The minimum atomic E-state index is -0.0924. The zero-order valence-electron chi connectivity index (χ0n) is 8.09. The first-order valence-electron chi connectivity index (χ1n) is 5.05. The second kappa shape index (κ2) is 3.96. The number of nitrogens with two attached hydrogens (primary N) is 1. The molecule has 1 aliphatic heterocycles. The van der Waals surface area contributed by atoms with Crippen LogP contribution in [0, 0.1) is 5.82 Å². The number of rotatable bonds is 3. The molecule has 3 N–H and O–H groups in total. The van der Waals surface area contributed by atoms with Crippen molar-refractivity contribution in [1.82, 2.24) is 0 Å². The molecule has 0 spiro atoms. The Balaban J connectivity index is 2.06. The van der Waals surface area contributed by atoms with Gasteiger partial charge in [0.1, 0.15) is 5.82 Å². The molecule has 76 valence electrons. The van der Waals surface area contributed by atoms with Crippen LogP contribution in [0.25, 0.3) is 0 Å². The molecule has 1 unspecified atom stereocenters. The first-order chi connectivity index (χ1) is 6.81. The maximum atomic E-state index is 13.3. The minimum absolute atomic E-state index is 0.0924. The lowest BCUT2D eigenvalue weighted by molar-refractivity contribution is 0.594. The zero-order valence-corrected chi connectivity index (χ0v) is 8.09. The van der Waals surface area contributed by atoms with Crippen molar-refractivity contribution in [3.05, 3.63) is 29.6 Å². The summed E-state index contributed by atoms with van der Waals surface area (Å²) in [5, 5.41) is 3.31. The Morgan fingerprint density at radius 1 is 1.50 bits per heavy atom. The van der Waals surface area contributed by atoms with E-state index in [1.165, 1.54) is 6.07 Å². The van der Waals surface area contributed by atoms with E-state index in [4.69, 9.17) is 5.73 Å². The second-order valence-electron chi connectivity index (χ2n) is 3.74. The fourth-order valence-corrected chi connectivity index (χ4v) is 1.96. The van der Waals surface area contributed by atoms with Crippen molar-refractivity contribution in [2.75, 3.05) is 11.9 Å². The van der Waals surface area contributed by atoms with Crippen LogP contribution in [0.4, 0.5) is 10.1 Å². The molecule has 0 saturated carbocycles. The lowest BCUT2D eigenvalue weighted by atomic mass is 10.1. The van der Waals surface area contributed by atoms with E-state index in [9.17, 15) is 4.39 Å². The predicted octanol–water partition coefficient (Wildman–Crippen LogP) is 1.90. The largest absolute Gasteiger partial charge is 0.382 e. The van der Waals surface area contributed by atoms with Gasteiger partial charge in [0.2, 0.25) is 0 Å². The van der Waals surface area contributed by atoms with Gasteiger partial charge >= 0.3 is 0 Å². The first-order valence-corrected chi connectivity index (χ1v) is 5.05. The van der Waals surface area contributed by atoms with Crippen LogP contribution >= 0.6 is 0 Å². The lowest BCUT2D eigenvalue weighted by Gasteiger charge is -2.09. The first kappa shape index (κ1) is 9.46. The van der Waals surface area contributed by atoms with E-state index in [2.05, 4.69) is 5.32 Å². The van der Waals surface area contributed by atoms with Gasteiger partial charge in [-0.2, -0.15) is 0 Å². The van der Waals surface area contributed by atoms with E-state index in [-0.39, 0.29) is 5.82 Å². The molecule has 2 rings (SSSR count). The van der Waals surface area contributed by atoms with E-state index in [0.29, 0.717) is 12.6 Å². The van der Waals surface area contributed by atoms with Crippen LogP contribution in [0.1, 0.15) is 18.4 Å². The summed E-state index contributed by atoms with van der Waals surface area (Å²) in [7, 11) is 0. The number of halogens is 1. The van der Waals surface area contributed by atoms with E-state index < -0.39 is 0 Å². The molecular weight excluding hydrogens is 179 g/mol. The van der Waals surface area contributed by atoms with E-state index in [0.717, 1.165) is 30.5 Å². The highest BCUT2D eigenvalue weighted by atomic mass is 19.1. The van der Waals surface area contributed by atoms with Crippen molar-refractivity contribution in [3.63, 3.8) is 0 Å². The van der Waals surface area contributed by atoms with E-state index in [1.807, 2.05) is 6.07 Å². The van der Waals surface area contributed by atoms with Gasteiger partial charge in [0.05, 0.1) is 0 Å². The number of nitrogens with one attached hydrogen (secondary N) is 1. The summed E-state index contributed by atoms with van der Waals surface area (Å²) >= 11 is 0. The van der Waals surface area contributed by atoms with Gasteiger partial charge in [-0.3, -0.25) is 0 Å². The fraction of sp³-hybridized carbons (Fsp3) is 0.455. The molecule has 1 aliphatic rings. The second-order valence-corrected chi connectivity index (χ2v) is 3.74. The molecular formula is C11H15FN2. The van der Waals surface area contributed by atoms with Gasteiger partial charge in [-0.15, -0.1) is 0 Å². The maximum Gasteiger partial charge on any atom is 0.128 e. The number of benzene rings is 1. The van der Waals surface area contributed by atoms with Gasteiger partial charge in [0.25, 0.3) is 0 Å². The Morgan fingerprint density at radius 3 is 3.07 bits per heavy atom. The summed E-state index contributed by atoms with van der Waals surface area (Å²) in [4.78, 5) is 0. The van der Waals surface area contributed by atoms with Crippen molar-refractivity contribution < 1.29 is 4.39 Å². The van der Waals surface area contributed by atoms with Crippen molar-refractivity contribution in [1.29, 1.82) is 0 Å². The van der Waals surface area contributed by atoms with Crippen LogP contribution in [0.2, 0.25) is 0 Å². The molecule has 1 aromatic rings. The van der Waals surface area contributed by atoms with Gasteiger partial charge < -0.3 is 11.1 Å². The van der Waals surface area contributed by atoms with Crippen LogP contribution in [-0.2, 0) is 6.42 Å². The molecule has 1 atom stereocenters. The average Bonchev–Trinajstić information content (AvgIpc) is 2.59. The molecule has 0 saturated heterocycles. The molecule has 1 aromatic carbocycles. The molecule has 14 heavy (non-hydrogen) atoms. The average molecular weight is 194 g/mol. The van der Waals surface area contributed by atoms with Crippen molar-refractivity contribution >= 4 is 5.69 Å². The predicted molar refractivity (Wildman–Crippen MR) is 55.8 cm³/mol. The molecule has 0 fully saturated rings. The molecule has 0 amide bonds. The highest BCUT2D eigenvalue weighted by Gasteiger charge is 2.22. The normalized spacial score (nSPS) is 19.1. The topological polar surface area (TPSA) is 38.0 Å². The minimum Gasteiger partial charge on any atom is -0.382 e. The maximum absolute atomic E-state index is 13.3. The summed E-state index contributed by atoms with van der Waals surface area (Å²) in [6, 6.07) is 5.56. The van der Waals surface area contributed by atoms with Crippen LogP contribution in [0.15, 0.2) is 18.2 Å². The Labute approximate surface area is 83.3 Å². The Bertz CT molecular complexity index is 325. The molecule has 1 heterocycles. The van der Waals surface area contributed by atoms with Gasteiger partial charge in [0.15, 0.2) is 0 Å². The molecule has 3 heteroatoms. The van der Waals surface area contributed by atoms with Crippen molar-refractivity contribution in [2.45, 2.75) is 25.3 Å². The number of hydrogen-bond acceptors (Lipinski definition) is 2. The van der Waals surface area contributed by atoms with Crippen molar-refractivity contribution in [2.24, 2.45) is 5.73 Å². The Morgan fingerprint density at radius 2 is 2.36 bits per heavy atom. The van der Waals surface area contributed by atoms with Gasteiger partial charge in [-0.25, -0.2) is 4.39 Å². The van der Waals surface area contributed by atoms with Crippen LogP contribution in [-0.4, -0.2) is 12.6 Å². The van der Waals surface area contributed by atoms with Gasteiger partial charge in [-0.05, 0) is 37.9 Å². The highest BCUT2D eigenvalue weighted by molar-refractivity contribution is 5.57. The van der Waals surface area contributed by atoms with Crippen LogP contribution in [0.3, 0.4) is 0 Å². The zero-order chi connectivity index (χ0) is 9.97. The monoisotopic (exact) mass is 194 g/mol. The number of fused-ring (bicyclic) bond motifs is 1. The third kappa shape index (κ3) is 1.73. The molecule has 2 nitrogen and oxygen atoms in total. The SMILES string of the molecule is NCCCC1Cc2c(F)cccc2N1. The van der Waals surface area contributed by atoms with Crippen LogP contribution < -0.4 is 11.1 Å². The Hall–Kier alpha value is -1.09. The smallest absolute Gasteiger partial charge is 0.128 e. The molecule has 0 aromatic heterocycles. The Kier molecular flexibility index (Phi) is 2.68. The molecule has 0 radical (unpaired) electrons. The van der Waals surface area contributed by atoms with Crippen LogP contribution in [0.5, 0.6) is 0 Å². The molecule has 0 aliphatic carbocycles.